The summed E-state index contributed by atoms with van der Waals surface area (Å²) in [5.74, 6) is -0.0957. The summed E-state index contributed by atoms with van der Waals surface area (Å²) < 4.78 is 17.6. The molecular formula is C12H23NO3. The maximum Gasteiger partial charge on any atom is 0.188 e. The molecule has 5 atom stereocenters. The predicted molar refractivity (Wildman–Crippen MR) is 61.0 cm³/mol. The fourth-order valence-corrected chi connectivity index (χ4v) is 2.77. The molecule has 2 aliphatic heterocycles. The van der Waals surface area contributed by atoms with Gasteiger partial charge in [0, 0.05) is 12.0 Å². The van der Waals surface area contributed by atoms with E-state index in [1.165, 1.54) is 0 Å². The van der Waals surface area contributed by atoms with Crippen LogP contribution in [-0.2, 0) is 14.2 Å². The molecule has 0 spiro atoms. The van der Waals surface area contributed by atoms with Crippen molar-refractivity contribution in [1.29, 1.82) is 0 Å². The second-order valence-electron chi connectivity index (χ2n) is 5.62. The summed E-state index contributed by atoms with van der Waals surface area (Å²) in [6, 6.07) is 0.343. The molecular weight excluding hydrogens is 206 g/mol. The van der Waals surface area contributed by atoms with Gasteiger partial charge in [-0.05, 0) is 34.9 Å². The van der Waals surface area contributed by atoms with E-state index in [0.29, 0.717) is 12.0 Å². The zero-order valence-electron chi connectivity index (χ0n) is 11.1. The lowest BCUT2D eigenvalue weighted by atomic mass is 9.88. The van der Waals surface area contributed by atoms with Crippen molar-refractivity contribution in [3.05, 3.63) is 0 Å². The van der Waals surface area contributed by atoms with Gasteiger partial charge in [-0.2, -0.15) is 0 Å². The van der Waals surface area contributed by atoms with E-state index in [2.05, 4.69) is 32.8 Å². The van der Waals surface area contributed by atoms with Crippen LogP contribution in [0.5, 0.6) is 0 Å². The van der Waals surface area contributed by atoms with Crippen LogP contribution in [0.25, 0.3) is 0 Å². The minimum atomic E-state index is -0.534. The molecule has 0 aromatic rings. The highest BCUT2D eigenvalue weighted by Gasteiger charge is 2.52. The summed E-state index contributed by atoms with van der Waals surface area (Å²) in [7, 11) is 4.18. The third-order valence-electron chi connectivity index (χ3n) is 3.65. The van der Waals surface area contributed by atoms with Gasteiger partial charge in [-0.15, -0.1) is 0 Å². The van der Waals surface area contributed by atoms with Crippen LogP contribution in [0.15, 0.2) is 0 Å². The molecule has 0 radical (unpaired) electrons. The van der Waals surface area contributed by atoms with E-state index in [-0.39, 0.29) is 18.5 Å². The SMILES string of the molecule is C[C@H]1O[C@H]2OC(C)(C)O[C@@H]2C(N(C)C)[C@@H]1C. The van der Waals surface area contributed by atoms with Gasteiger partial charge in [0.1, 0.15) is 6.10 Å². The molecule has 0 aliphatic carbocycles. The van der Waals surface area contributed by atoms with Crippen LogP contribution in [0.3, 0.4) is 0 Å². The van der Waals surface area contributed by atoms with E-state index in [0.717, 1.165) is 0 Å². The normalized spacial score (nSPS) is 47.1. The van der Waals surface area contributed by atoms with E-state index in [4.69, 9.17) is 14.2 Å². The highest BCUT2D eigenvalue weighted by molar-refractivity contribution is 4.95. The maximum atomic E-state index is 5.96. The van der Waals surface area contributed by atoms with Crippen molar-refractivity contribution in [2.75, 3.05) is 14.1 Å². The number of fused-ring (bicyclic) bond motifs is 1. The predicted octanol–water partition coefficient (Wildman–Crippen LogP) is 1.45. The Morgan fingerprint density at radius 1 is 1.06 bits per heavy atom. The fourth-order valence-electron chi connectivity index (χ4n) is 2.77. The van der Waals surface area contributed by atoms with Crippen LogP contribution < -0.4 is 0 Å². The summed E-state index contributed by atoms with van der Waals surface area (Å²) in [5.41, 5.74) is 0. The second-order valence-corrected chi connectivity index (χ2v) is 5.62. The van der Waals surface area contributed by atoms with Crippen LogP contribution in [0.2, 0.25) is 0 Å². The molecule has 0 saturated carbocycles. The maximum absolute atomic E-state index is 5.96. The summed E-state index contributed by atoms with van der Waals surface area (Å²) in [6.07, 6.45) is -0.0176. The monoisotopic (exact) mass is 229 g/mol. The minimum Gasteiger partial charge on any atom is -0.346 e. The van der Waals surface area contributed by atoms with Crippen LogP contribution in [-0.4, -0.2) is 49.3 Å². The van der Waals surface area contributed by atoms with Gasteiger partial charge >= 0.3 is 0 Å². The van der Waals surface area contributed by atoms with Crippen molar-refractivity contribution >= 4 is 0 Å². The van der Waals surface area contributed by atoms with Gasteiger partial charge in [-0.25, -0.2) is 0 Å². The van der Waals surface area contributed by atoms with Crippen molar-refractivity contribution in [3.63, 3.8) is 0 Å². The summed E-state index contributed by atoms with van der Waals surface area (Å²) >= 11 is 0. The Bertz CT molecular complexity index is 267. The molecule has 0 amide bonds. The van der Waals surface area contributed by atoms with Crippen molar-refractivity contribution in [2.45, 2.75) is 58.0 Å². The van der Waals surface area contributed by atoms with E-state index < -0.39 is 5.79 Å². The Morgan fingerprint density at radius 2 is 1.69 bits per heavy atom. The molecule has 2 aliphatic rings. The zero-order valence-corrected chi connectivity index (χ0v) is 11.1. The molecule has 2 heterocycles. The standard InChI is InChI=1S/C12H23NO3/c1-7-8(2)14-11-10(9(7)13(5)6)15-12(3,4)16-11/h7-11H,1-6H3/t7-,8-,9?,10-,11+/m1/s1. The fraction of sp³-hybridized carbons (Fsp3) is 1.00. The van der Waals surface area contributed by atoms with Gasteiger partial charge in [0.25, 0.3) is 0 Å². The second kappa shape index (κ2) is 3.95. The molecule has 2 rings (SSSR count). The minimum absolute atomic E-state index is 0.0104. The van der Waals surface area contributed by atoms with Crippen LogP contribution >= 0.6 is 0 Å². The van der Waals surface area contributed by atoms with E-state index in [1.54, 1.807) is 0 Å². The van der Waals surface area contributed by atoms with Crippen molar-refractivity contribution in [1.82, 2.24) is 4.90 Å². The number of ether oxygens (including phenoxy) is 3. The van der Waals surface area contributed by atoms with E-state index in [9.17, 15) is 0 Å². The van der Waals surface area contributed by atoms with Gasteiger partial charge < -0.3 is 19.1 Å². The summed E-state index contributed by atoms with van der Waals surface area (Å²) in [6.45, 7) is 8.19. The molecule has 0 bridgehead atoms. The molecule has 0 aromatic carbocycles. The molecule has 1 unspecified atom stereocenters. The van der Waals surface area contributed by atoms with Gasteiger partial charge in [0.15, 0.2) is 12.1 Å². The molecule has 2 saturated heterocycles. The lowest BCUT2D eigenvalue weighted by Crippen LogP contribution is -2.56. The van der Waals surface area contributed by atoms with Crippen molar-refractivity contribution < 1.29 is 14.2 Å². The molecule has 4 heteroatoms. The van der Waals surface area contributed by atoms with Crippen LogP contribution in [0.4, 0.5) is 0 Å². The molecule has 0 aromatic heterocycles. The highest BCUT2D eigenvalue weighted by atomic mass is 16.8. The Labute approximate surface area is 97.8 Å². The molecule has 16 heavy (non-hydrogen) atoms. The highest BCUT2D eigenvalue weighted by Crippen LogP contribution is 2.39. The van der Waals surface area contributed by atoms with Crippen LogP contribution in [0, 0.1) is 5.92 Å². The Morgan fingerprint density at radius 3 is 2.25 bits per heavy atom. The van der Waals surface area contributed by atoms with E-state index in [1.807, 2.05) is 13.8 Å². The number of hydrogen-bond donors (Lipinski definition) is 0. The topological polar surface area (TPSA) is 30.9 Å². The average Bonchev–Trinajstić information content (AvgIpc) is 2.40. The number of hydrogen-bond acceptors (Lipinski definition) is 4. The number of rotatable bonds is 1. The van der Waals surface area contributed by atoms with Crippen molar-refractivity contribution in [2.24, 2.45) is 5.92 Å². The quantitative estimate of drug-likeness (QED) is 0.681. The van der Waals surface area contributed by atoms with E-state index >= 15 is 0 Å². The molecule has 94 valence electrons. The lowest BCUT2D eigenvalue weighted by Gasteiger charge is -2.43. The molecule has 4 nitrogen and oxygen atoms in total. The zero-order chi connectivity index (χ0) is 12.1. The summed E-state index contributed by atoms with van der Waals surface area (Å²) in [4.78, 5) is 2.21. The first-order valence-electron chi connectivity index (χ1n) is 5.99. The molecule has 2 fully saturated rings. The van der Waals surface area contributed by atoms with Crippen LogP contribution in [0.1, 0.15) is 27.7 Å². The Balaban J connectivity index is 2.22. The Kier molecular flexibility index (Phi) is 3.03. The van der Waals surface area contributed by atoms with Gasteiger partial charge in [-0.1, -0.05) is 6.92 Å². The number of nitrogens with zero attached hydrogens (tertiary/aromatic N) is 1. The summed E-state index contributed by atoms with van der Waals surface area (Å²) in [5, 5.41) is 0. The third kappa shape index (κ3) is 1.99. The first kappa shape index (κ1) is 12.3. The van der Waals surface area contributed by atoms with Gasteiger partial charge in [0.05, 0.1) is 6.10 Å². The lowest BCUT2D eigenvalue weighted by molar-refractivity contribution is -0.221. The smallest absolute Gasteiger partial charge is 0.188 e. The first-order chi connectivity index (χ1) is 7.32. The first-order valence-corrected chi connectivity index (χ1v) is 5.99. The van der Waals surface area contributed by atoms with Gasteiger partial charge in [-0.3, -0.25) is 0 Å². The van der Waals surface area contributed by atoms with Gasteiger partial charge in [0.2, 0.25) is 0 Å². The average molecular weight is 229 g/mol. The molecule has 0 N–H and O–H groups in total. The number of likely N-dealkylation sites (N-methyl/N-ethyl adjacent to an activating group) is 1. The largest absolute Gasteiger partial charge is 0.346 e. The third-order valence-corrected chi connectivity index (χ3v) is 3.65. The van der Waals surface area contributed by atoms with Crippen molar-refractivity contribution in [3.8, 4) is 0 Å². The Hall–Kier alpha value is -0.160.